The van der Waals surface area contributed by atoms with Crippen LogP contribution in [0.1, 0.15) is 53.6 Å². The van der Waals surface area contributed by atoms with E-state index in [9.17, 15) is 14.9 Å². The second-order valence-corrected chi connectivity index (χ2v) is 9.54. The van der Waals surface area contributed by atoms with Crippen LogP contribution in [-0.2, 0) is 12.8 Å². The molecule has 0 saturated heterocycles. The fourth-order valence-corrected chi connectivity index (χ4v) is 5.03. The van der Waals surface area contributed by atoms with Gasteiger partial charge in [0.2, 0.25) is 6.79 Å². The molecule has 0 spiro atoms. The number of nitro benzene ring substituents is 1. The lowest BCUT2D eigenvalue weighted by Crippen LogP contribution is -2.27. The van der Waals surface area contributed by atoms with Crippen molar-refractivity contribution < 1.29 is 19.2 Å². The van der Waals surface area contributed by atoms with Gasteiger partial charge in [0.25, 0.3) is 11.6 Å². The average molecular weight is 429 g/mol. The third kappa shape index (κ3) is 3.89. The Bertz CT molecular complexity index is 1040. The largest absolute Gasteiger partial charge is 0.454 e. The summed E-state index contributed by atoms with van der Waals surface area (Å²) >= 11 is 1.62. The average Bonchev–Trinajstić information content (AvgIpc) is 3.32. The molecular formula is C21H23N3O5S. The van der Waals surface area contributed by atoms with Crippen molar-refractivity contribution in [1.29, 1.82) is 0 Å². The van der Waals surface area contributed by atoms with Gasteiger partial charge in [-0.05, 0) is 42.2 Å². The van der Waals surface area contributed by atoms with Gasteiger partial charge in [-0.3, -0.25) is 14.9 Å². The zero-order valence-corrected chi connectivity index (χ0v) is 17.9. The monoisotopic (exact) mass is 429 g/mol. The van der Waals surface area contributed by atoms with Crippen LogP contribution in [0.2, 0.25) is 0 Å². The van der Waals surface area contributed by atoms with Crippen molar-refractivity contribution in [2.45, 2.75) is 40.0 Å². The second-order valence-electron chi connectivity index (χ2n) is 8.58. The number of ether oxygens (including phenoxy) is 2. The van der Waals surface area contributed by atoms with Crippen molar-refractivity contribution in [3.05, 3.63) is 49.2 Å². The van der Waals surface area contributed by atoms with Gasteiger partial charge in [0.15, 0.2) is 11.5 Å². The number of benzene rings is 1. The summed E-state index contributed by atoms with van der Waals surface area (Å²) in [5.41, 5.74) is 4.54. The number of hydrazone groups is 1. The minimum absolute atomic E-state index is 0.0170. The summed E-state index contributed by atoms with van der Waals surface area (Å²) in [7, 11) is 0. The van der Waals surface area contributed by atoms with Crippen molar-refractivity contribution in [3.8, 4) is 11.5 Å². The standard InChI is InChI=1S/C21H23N3O5S/c1-21(2,3)13-4-5-14-15(10-30-19(14)7-13)20(25)23-22-9-12-6-17-18(29-11-28-17)8-16(12)24(26)27/h6,8-10,13H,4-5,7,11H2,1-3H3,(H,23,25)/b22-9-. The number of carbonyl (C=O) groups is 1. The molecule has 0 fully saturated rings. The molecule has 1 aliphatic carbocycles. The molecule has 9 heteroatoms. The molecule has 30 heavy (non-hydrogen) atoms. The lowest BCUT2D eigenvalue weighted by molar-refractivity contribution is -0.385. The summed E-state index contributed by atoms with van der Waals surface area (Å²) in [5.74, 6) is 1.03. The second kappa shape index (κ2) is 7.71. The Balaban J connectivity index is 1.49. The van der Waals surface area contributed by atoms with Crippen molar-refractivity contribution in [2.75, 3.05) is 6.79 Å². The molecule has 1 atom stereocenters. The molecule has 2 aromatic rings. The number of nitrogens with zero attached hydrogens (tertiary/aromatic N) is 2. The Kier molecular flexibility index (Phi) is 5.23. The van der Waals surface area contributed by atoms with E-state index in [2.05, 4.69) is 31.3 Å². The molecule has 0 bridgehead atoms. The smallest absolute Gasteiger partial charge is 0.282 e. The number of rotatable bonds is 4. The van der Waals surface area contributed by atoms with Crippen molar-refractivity contribution in [2.24, 2.45) is 16.4 Å². The first kappa shape index (κ1) is 20.3. The van der Waals surface area contributed by atoms with Crippen LogP contribution in [0, 0.1) is 21.4 Å². The lowest BCUT2D eigenvalue weighted by atomic mass is 9.72. The highest BCUT2D eigenvalue weighted by Crippen LogP contribution is 2.40. The first-order valence-corrected chi connectivity index (χ1v) is 10.6. The number of thiophene rings is 1. The highest BCUT2D eigenvalue weighted by Gasteiger charge is 2.31. The molecule has 4 rings (SSSR count). The summed E-state index contributed by atoms with van der Waals surface area (Å²) in [5, 5.41) is 17.2. The van der Waals surface area contributed by atoms with Gasteiger partial charge in [-0.25, -0.2) is 5.43 Å². The molecule has 0 saturated carbocycles. The van der Waals surface area contributed by atoms with Gasteiger partial charge >= 0.3 is 0 Å². The molecule has 1 unspecified atom stereocenters. The number of fused-ring (bicyclic) bond motifs is 2. The van der Waals surface area contributed by atoms with Crippen LogP contribution in [-0.4, -0.2) is 23.8 Å². The lowest BCUT2D eigenvalue weighted by Gasteiger charge is -2.33. The Hall–Kier alpha value is -2.94. The third-order valence-electron chi connectivity index (χ3n) is 5.71. The van der Waals surface area contributed by atoms with E-state index in [0.717, 1.165) is 24.8 Å². The summed E-state index contributed by atoms with van der Waals surface area (Å²) < 4.78 is 10.4. The van der Waals surface area contributed by atoms with Gasteiger partial charge in [0, 0.05) is 10.3 Å². The normalized spacial score (nSPS) is 17.8. The van der Waals surface area contributed by atoms with E-state index in [4.69, 9.17) is 9.47 Å². The van der Waals surface area contributed by atoms with Gasteiger partial charge in [-0.2, -0.15) is 5.10 Å². The van der Waals surface area contributed by atoms with Gasteiger partial charge in [-0.15, -0.1) is 11.3 Å². The zero-order chi connectivity index (χ0) is 21.5. The number of nitrogens with one attached hydrogen (secondary N) is 1. The van der Waals surface area contributed by atoms with E-state index >= 15 is 0 Å². The predicted octanol–water partition coefficient (Wildman–Crippen LogP) is 4.30. The van der Waals surface area contributed by atoms with Crippen LogP contribution >= 0.6 is 11.3 Å². The van der Waals surface area contributed by atoms with E-state index in [1.54, 1.807) is 11.3 Å². The minimum atomic E-state index is -0.522. The highest BCUT2D eigenvalue weighted by atomic mass is 32.1. The van der Waals surface area contributed by atoms with E-state index in [1.807, 2.05) is 5.38 Å². The summed E-state index contributed by atoms with van der Waals surface area (Å²) in [6, 6.07) is 2.78. The SMILES string of the molecule is CC(C)(C)C1CCc2c(C(=O)N/N=C\c3cc4c(cc3[N+](=O)[O-])OCO4)csc2C1. The Morgan fingerprint density at radius 2 is 2.07 bits per heavy atom. The molecule has 8 nitrogen and oxygen atoms in total. The first-order chi connectivity index (χ1) is 14.2. The number of amides is 1. The maximum absolute atomic E-state index is 12.7. The van der Waals surface area contributed by atoms with Crippen molar-refractivity contribution >= 4 is 29.1 Å². The Morgan fingerprint density at radius 1 is 1.33 bits per heavy atom. The molecule has 158 valence electrons. The van der Waals surface area contributed by atoms with Crippen LogP contribution in [0.4, 0.5) is 5.69 Å². The number of carbonyl (C=O) groups excluding carboxylic acids is 1. The van der Waals surface area contributed by atoms with E-state index in [1.165, 1.54) is 23.2 Å². The first-order valence-electron chi connectivity index (χ1n) is 9.74. The van der Waals surface area contributed by atoms with Crippen LogP contribution < -0.4 is 14.9 Å². The van der Waals surface area contributed by atoms with Gasteiger partial charge in [0.1, 0.15) is 0 Å². The molecule has 1 aromatic carbocycles. The molecule has 0 radical (unpaired) electrons. The Labute approximate surface area is 178 Å². The molecule has 1 N–H and O–H groups in total. The molecule has 1 aliphatic heterocycles. The molecule has 1 amide bonds. The highest BCUT2D eigenvalue weighted by molar-refractivity contribution is 7.10. The topological polar surface area (TPSA) is 103 Å². The van der Waals surface area contributed by atoms with Gasteiger partial charge in [0.05, 0.1) is 28.3 Å². The van der Waals surface area contributed by atoms with E-state index in [0.29, 0.717) is 23.0 Å². The Morgan fingerprint density at radius 3 is 2.77 bits per heavy atom. The molecule has 2 aliphatic rings. The third-order valence-corrected chi connectivity index (χ3v) is 6.76. The molecule has 2 heterocycles. The predicted molar refractivity (Wildman–Crippen MR) is 114 cm³/mol. The quantitative estimate of drug-likeness (QED) is 0.443. The van der Waals surface area contributed by atoms with Crippen molar-refractivity contribution in [3.63, 3.8) is 0 Å². The van der Waals surface area contributed by atoms with E-state index < -0.39 is 4.92 Å². The maximum Gasteiger partial charge on any atom is 0.282 e. The number of hydrogen-bond acceptors (Lipinski definition) is 7. The van der Waals surface area contributed by atoms with Gasteiger partial charge < -0.3 is 9.47 Å². The zero-order valence-electron chi connectivity index (χ0n) is 17.1. The minimum Gasteiger partial charge on any atom is -0.454 e. The molecular weight excluding hydrogens is 406 g/mol. The molecule has 1 aromatic heterocycles. The fourth-order valence-electron chi connectivity index (χ4n) is 3.87. The van der Waals surface area contributed by atoms with Crippen LogP contribution in [0.3, 0.4) is 0 Å². The summed E-state index contributed by atoms with van der Waals surface area (Å²) in [6.45, 7) is 6.79. The number of nitro groups is 1. The fraction of sp³-hybridized carbons (Fsp3) is 0.429. The van der Waals surface area contributed by atoms with Gasteiger partial charge in [-0.1, -0.05) is 20.8 Å². The van der Waals surface area contributed by atoms with Crippen molar-refractivity contribution in [1.82, 2.24) is 5.43 Å². The van der Waals surface area contributed by atoms with Crippen LogP contribution in [0.15, 0.2) is 22.6 Å². The maximum atomic E-state index is 12.7. The van der Waals surface area contributed by atoms with Crippen LogP contribution in [0.5, 0.6) is 11.5 Å². The van der Waals surface area contributed by atoms with E-state index in [-0.39, 0.29) is 29.4 Å². The summed E-state index contributed by atoms with van der Waals surface area (Å²) in [4.78, 5) is 24.7. The number of hydrogen-bond donors (Lipinski definition) is 1. The summed E-state index contributed by atoms with van der Waals surface area (Å²) in [6.07, 6.45) is 4.18. The van der Waals surface area contributed by atoms with Crippen LogP contribution in [0.25, 0.3) is 0 Å².